The zero-order chi connectivity index (χ0) is 14.3. The summed E-state index contributed by atoms with van der Waals surface area (Å²) in [5, 5.41) is 1.34. The largest absolute Gasteiger partial charge is 0.494 e. The molecule has 0 unspecified atom stereocenters. The van der Waals surface area contributed by atoms with Crippen molar-refractivity contribution in [2.45, 2.75) is 6.92 Å². The van der Waals surface area contributed by atoms with Crippen LogP contribution in [0.3, 0.4) is 0 Å². The average Bonchev–Trinajstić information content (AvgIpc) is 2.79. The lowest BCUT2D eigenvalue weighted by molar-refractivity contribution is 0.413. The second-order valence-corrected chi connectivity index (χ2v) is 5.85. The number of nitrogens with zero attached hydrogens (tertiary/aromatic N) is 1. The van der Waals surface area contributed by atoms with Crippen molar-refractivity contribution in [1.29, 1.82) is 0 Å². The molecule has 0 saturated carbocycles. The Balaban J connectivity index is 2.33. The van der Waals surface area contributed by atoms with Gasteiger partial charge in [-0.1, -0.05) is 35.3 Å². The Kier molecular flexibility index (Phi) is 3.28. The van der Waals surface area contributed by atoms with Gasteiger partial charge in [-0.3, -0.25) is 4.79 Å². The molecule has 2 aromatic carbocycles. The molecule has 0 N–H and O–H groups in total. The summed E-state index contributed by atoms with van der Waals surface area (Å²) in [7, 11) is 1.57. The maximum atomic E-state index is 12.5. The molecule has 3 aromatic rings. The minimum Gasteiger partial charge on any atom is -0.494 e. The summed E-state index contributed by atoms with van der Waals surface area (Å²) in [6.07, 6.45) is 0. The van der Waals surface area contributed by atoms with Crippen LogP contribution in [0.1, 0.15) is 5.56 Å². The molecule has 1 heterocycles. The maximum Gasteiger partial charge on any atom is 0.273 e. The smallest absolute Gasteiger partial charge is 0.273 e. The number of aromatic nitrogens is 1. The quantitative estimate of drug-likeness (QED) is 0.716. The van der Waals surface area contributed by atoms with Gasteiger partial charge in [-0.15, -0.1) is 0 Å². The Morgan fingerprint density at radius 3 is 2.70 bits per heavy atom. The van der Waals surface area contributed by atoms with Crippen molar-refractivity contribution in [3.63, 3.8) is 0 Å². The zero-order valence-corrected chi connectivity index (χ0v) is 12.6. The van der Waals surface area contributed by atoms with Crippen molar-refractivity contribution in [2.75, 3.05) is 7.11 Å². The molecular weight excluding hydrogens is 294 g/mol. The van der Waals surface area contributed by atoms with Crippen molar-refractivity contribution in [1.82, 2.24) is 3.96 Å². The number of rotatable bonds is 2. The lowest BCUT2D eigenvalue weighted by Crippen LogP contribution is -2.12. The number of fused-ring (bicyclic) bond motifs is 1. The normalized spacial score (nSPS) is 10.9. The SMILES string of the molecule is COc1cc(Cl)c(C)cc1-n1sc2ccccc2c1=O. The predicted octanol–water partition coefficient (Wildman–Crippen LogP) is 4.02. The molecule has 20 heavy (non-hydrogen) atoms. The van der Waals surface area contributed by atoms with Crippen molar-refractivity contribution in [3.05, 3.63) is 57.3 Å². The first-order valence-corrected chi connectivity index (χ1v) is 7.22. The number of halogens is 1. The van der Waals surface area contributed by atoms with E-state index >= 15 is 0 Å². The van der Waals surface area contributed by atoms with Crippen LogP contribution in [-0.2, 0) is 0 Å². The predicted molar refractivity (Wildman–Crippen MR) is 83.7 cm³/mol. The summed E-state index contributed by atoms with van der Waals surface area (Å²) < 4.78 is 7.95. The van der Waals surface area contributed by atoms with E-state index in [1.54, 1.807) is 17.1 Å². The fraction of sp³-hybridized carbons (Fsp3) is 0.133. The van der Waals surface area contributed by atoms with E-state index in [2.05, 4.69) is 0 Å². The summed E-state index contributed by atoms with van der Waals surface area (Å²) in [6.45, 7) is 1.91. The molecule has 102 valence electrons. The van der Waals surface area contributed by atoms with Crippen LogP contribution in [0.15, 0.2) is 41.2 Å². The third kappa shape index (κ3) is 2.01. The van der Waals surface area contributed by atoms with E-state index in [9.17, 15) is 4.79 Å². The zero-order valence-electron chi connectivity index (χ0n) is 11.0. The van der Waals surface area contributed by atoms with Gasteiger partial charge in [0.25, 0.3) is 5.56 Å². The number of aryl methyl sites for hydroxylation is 1. The van der Waals surface area contributed by atoms with E-state index in [1.165, 1.54) is 11.5 Å². The van der Waals surface area contributed by atoms with Crippen LogP contribution in [0.2, 0.25) is 5.02 Å². The van der Waals surface area contributed by atoms with Crippen LogP contribution in [0, 0.1) is 6.92 Å². The fourth-order valence-corrected chi connectivity index (χ4v) is 3.27. The lowest BCUT2D eigenvalue weighted by Gasteiger charge is -2.10. The summed E-state index contributed by atoms with van der Waals surface area (Å²) in [5.74, 6) is 0.592. The van der Waals surface area contributed by atoms with Crippen molar-refractivity contribution >= 4 is 33.2 Å². The molecule has 0 radical (unpaired) electrons. The first-order chi connectivity index (χ1) is 9.61. The highest BCUT2D eigenvalue weighted by Crippen LogP contribution is 2.31. The second kappa shape index (κ2) is 4.96. The average molecular weight is 306 g/mol. The van der Waals surface area contributed by atoms with Crippen LogP contribution in [0.5, 0.6) is 5.75 Å². The lowest BCUT2D eigenvalue weighted by atomic mass is 10.2. The van der Waals surface area contributed by atoms with Gasteiger partial charge in [0.05, 0.1) is 17.2 Å². The molecule has 0 fully saturated rings. The van der Waals surface area contributed by atoms with E-state index in [-0.39, 0.29) is 5.56 Å². The number of benzene rings is 2. The summed E-state index contributed by atoms with van der Waals surface area (Å²) in [4.78, 5) is 12.5. The minimum absolute atomic E-state index is 0.0365. The molecule has 0 aliphatic heterocycles. The number of ether oxygens (including phenoxy) is 1. The molecule has 0 aliphatic carbocycles. The topological polar surface area (TPSA) is 31.2 Å². The number of hydrogen-bond donors (Lipinski definition) is 0. The highest BCUT2D eigenvalue weighted by Gasteiger charge is 2.14. The fourth-order valence-electron chi connectivity index (χ4n) is 2.10. The third-order valence-electron chi connectivity index (χ3n) is 3.17. The Hall–Kier alpha value is -1.78. The summed E-state index contributed by atoms with van der Waals surface area (Å²) >= 11 is 7.51. The van der Waals surface area contributed by atoms with E-state index in [0.717, 1.165) is 16.0 Å². The molecule has 0 atom stereocenters. The molecule has 0 spiro atoms. The van der Waals surface area contributed by atoms with Crippen LogP contribution < -0.4 is 10.3 Å². The Morgan fingerprint density at radius 1 is 1.25 bits per heavy atom. The highest BCUT2D eigenvalue weighted by molar-refractivity contribution is 7.14. The second-order valence-electron chi connectivity index (χ2n) is 4.46. The van der Waals surface area contributed by atoms with Crippen LogP contribution in [0.4, 0.5) is 0 Å². The molecular formula is C15H12ClNO2S. The van der Waals surface area contributed by atoms with Gasteiger partial charge in [-0.25, -0.2) is 3.96 Å². The van der Waals surface area contributed by atoms with Crippen LogP contribution in [-0.4, -0.2) is 11.1 Å². The van der Waals surface area contributed by atoms with Gasteiger partial charge in [0, 0.05) is 11.1 Å². The summed E-state index contributed by atoms with van der Waals surface area (Å²) in [5.41, 5.74) is 1.60. The molecule has 5 heteroatoms. The van der Waals surface area contributed by atoms with Gasteiger partial charge in [-0.05, 0) is 30.7 Å². The van der Waals surface area contributed by atoms with Crippen LogP contribution >= 0.6 is 23.1 Å². The number of methoxy groups -OCH3 is 1. The first-order valence-electron chi connectivity index (χ1n) is 6.07. The Morgan fingerprint density at radius 2 is 2.00 bits per heavy atom. The Labute approximate surface area is 125 Å². The molecule has 3 nitrogen and oxygen atoms in total. The molecule has 0 saturated heterocycles. The van der Waals surface area contributed by atoms with Gasteiger partial charge < -0.3 is 4.74 Å². The van der Waals surface area contributed by atoms with E-state index in [0.29, 0.717) is 16.2 Å². The third-order valence-corrected chi connectivity index (χ3v) is 4.68. The van der Waals surface area contributed by atoms with E-state index in [1.807, 2.05) is 37.3 Å². The van der Waals surface area contributed by atoms with Gasteiger partial charge in [0.1, 0.15) is 11.4 Å². The molecule has 0 amide bonds. The van der Waals surface area contributed by atoms with Gasteiger partial charge >= 0.3 is 0 Å². The highest BCUT2D eigenvalue weighted by atomic mass is 35.5. The maximum absolute atomic E-state index is 12.5. The Bertz CT molecular complexity index is 851. The molecule has 3 rings (SSSR count). The standard InChI is InChI=1S/C15H12ClNO2S/c1-9-7-12(13(19-2)8-11(9)16)17-15(18)10-5-3-4-6-14(10)20-17/h3-8H,1-2H3. The van der Waals surface area contributed by atoms with Crippen LogP contribution in [0.25, 0.3) is 15.8 Å². The molecule has 0 aliphatic rings. The molecule has 0 bridgehead atoms. The summed E-state index contributed by atoms with van der Waals surface area (Å²) in [6, 6.07) is 11.2. The van der Waals surface area contributed by atoms with Gasteiger partial charge in [0.2, 0.25) is 0 Å². The van der Waals surface area contributed by atoms with Crippen molar-refractivity contribution in [2.24, 2.45) is 0 Å². The van der Waals surface area contributed by atoms with Gasteiger partial charge in [0.15, 0.2) is 0 Å². The monoisotopic (exact) mass is 305 g/mol. The molecule has 1 aromatic heterocycles. The number of hydrogen-bond acceptors (Lipinski definition) is 3. The van der Waals surface area contributed by atoms with Crippen molar-refractivity contribution < 1.29 is 4.74 Å². The van der Waals surface area contributed by atoms with Crippen molar-refractivity contribution in [3.8, 4) is 11.4 Å². The van der Waals surface area contributed by atoms with E-state index in [4.69, 9.17) is 16.3 Å². The first kappa shape index (κ1) is 13.2. The van der Waals surface area contributed by atoms with Gasteiger partial charge in [-0.2, -0.15) is 0 Å². The minimum atomic E-state index is -0.0365. The van der Waals surface area contributed by atoms with E-state index < -0.39 is 0 Å².